The Kier molecular flexibility index (Phi) is 3.81. The second kappa shape index (κ2) is 5.91. The van der Waals surface area contributed by atoms with Crippen molar-refractivity contribution in [2.45, 2.75) is 6.54 Å². The van der Waals surface area contributed by atoms with Crippen LogP contribution in [0.4, 0.5) is 0 Å². The molecule has 6 heteroatoms. The molecule has 5 nitrogen and oxygen atoms in total. The van der Waals surface area contributed by atoms with Gasteiger partial charge in [-0.25, -0.2) is 4.68 Å². The Hall–Kier alpha value is -2.44. The van der Waals surface area contributed by atoms with Crippen LogP contribution in [0, 0.1) is 0 Å². The average Bonchev–Trinajstić information content (AvgIpc) is 2.97. The van der Waals surface area contributed by atoms with Crippen molar-refractivity contribution >= 4 is 12.6 Å². The lowest BCUT2D eigenvalue weighted by Crippen LogP contribution is -2.29. The van der Waals surface area contributed by atoms with Gasteiger partial charge in [-0.2, -0.15) is 0 Å². The molecule has 3 rings (SSSR count). The summed E-state index contributed by atoms with van der Waals surface area (Å²) in [7, 11) is -1.48. The van der Waals surface area contributed by atoms with E-state index in [2.05, 4.69) is 10.3 Å². The number of hydrogen-bond acceptors (Lipinski definition) is 4. The van der Waals surface area contributed by atoms with E-state index in [1.54, 1.807) is 22.9 Å². The van der Waals surface area contributed by atoms with Gasteiger partial charge in [-0.05, 0) is 11.0 Å². The Balaban J connectivity index is 1.83. The van der Waals surface area contributed by atoms with E-state index in [0.29, 0.717) is 17.7 Å². The summed E-state index contributed by atoms with van der Waals surface area (Å²) in [6.07, 6.45) is 1.84. The molecule has 2 N–H and O–H groups in total. The standard InChI is InChI=1S/C15H14BN3O2/c20-16(21)14-8-4-7-13(9-14)15-11-19(18-17-15)10-12-5-2-1-3-6-12/h1-9,11,20-21H,10H2. The summed E-state index contributed by atoms with van der Waals surface area (Å²) in [6, 6.07) is 17.0. The van der Waals surface area contributed by atoms with Crippen molar-refractivity contribution in [3.8, 4) is 11.3 Å². The van der Waals surface area contributed by atoms with E-state index in [0.717, 1.165) is 11.1 Å². The van der Waals surface area contributed by atoms with Crippen LogP contribution in [0.25, 0.3) is 11.3 Å². The third kappa shape index (κ3) is 3.18. The largest absolute Gasteiger partial charge is 0.488 e. The SMILES string of the molecule is OB(O)c1cccc(-c2cn(Cc3ccccc3)nn2)c1. The van der Waals surface area contributed by atoms with Crippen LogP contribution in [-0.2, 0) is 6.54 Å². The van der Waals surface area contributed by atoms with Crippen molar-refractivity contribution in [2.24, 2.45) is 0 Å². The summed E-state index contributed by atoms with van der Waals surface area (Å²) in [5, 5.41) is 26.7. The molecular weight excluding hydrogens is 265 g/mol. The van der Waals surface area contributed by atoms with Crippen LogP contribution in [0.5, 0.6) is 0 Å². The molecule has 0 spiro atoms. The van der Waals surface area contributed by atoms with Crippen LogP contribution >= 0.6 is 0 Å². The maximum Gasteiger partial charge on any atom is 0.488 e. The van der Waals surface area contributed by atoms with E-state index in [9.17, 15) is 10.0 Å². The van der Waals surface area contributed by atoms with Crippen LogP contribution in [0.15, 0.2) is 60.8 Å². The lowest BCUT2D eigenvalue weighted by molar-refractivity contribution is 0.426. The lowest BCUT2D eigenvalue weighted by Gasteiger charge is -2.01. The fraction of sp³-hybridized carbons (Fsp3) is 0.0667. The van der Waals surface area contributed by atoms with Gasteiger partial charge < -0.3 is 10.0 Å². The number of hydrogen-bond donors (Lipinski definition) is 2. The zero-order chi connectivity index (χ0) is 14.7. The third-order valence-corrected chi connectivity index (χ3v) is 3.21. The van der Waals surface area contributed by atoms with Crippen LogP contribution in [-0.4, -0.2) is 32.2 Å². The summed E-state index contributed by atoms with van der Waals surface area (Å²) in [5.74, 6) is 0. The number of benzene rings is 2. The molecule has 0 saturated heterocycles. The topological polar surface area (TPSA) is 71.2 Å². The number of nitrogens with zero attached hydrogens (tertiary/aromatic N) is 3. The van der Waals surface area contributed by atoms with E-state index in [1.807, 2.05) is 42.6 Å². The summed E-state index contributed by atoms with van der Waals surface area (Å²) < 4.78 is 1.76. The van der Waals surface area contributed by atoms with Crippen molar-refractivity contribution in [1.82, 2.24) is 15.0 Å². The minimum atomic E-state index is -1.48. The molecule has 1 aromatic heterocycles. The Morgan fingerprint density at radius 2 is 1.81 bits per heavy atom. The number of rotatable bonds is 4. The maximum absolute atomic E-state index is 9.21. The average molecular weight is 279 g/mol. The van der Waals surface area contributed by atoms with Crippen molar-refractivity contribution in [2.75, 3.05) is 0 Å². The number of aromatic nitrogens is 3. The van der Waals surface area contributed by atoms with Gasteiger partial charge in [-0.3, -0.25) is 0 Å². The molecule has 0 aliphatic carbocycles. The molecule has 0 fully saturated rings. The van der Waals surface area contributed by atoms with Crippen molar-refractivity contribution in [1.29, 1.82) is 0 Å². The van der Waals surface area contributed by atoms with Crippen LogP contribution < -0.4 is 5.46 Å². The Bertz CT molecular complexity index is 729. The molecule has 3 aromatic rings. The molecule has 21 heavy (non-hydrogen) atoms. The molecule has 0 bridgehead atoms. The van der Waals surface area contributed by atoms with Gasteiger partial charge in [0.05, 0.1) is 12.7 Å². The van der Waals surface area contributed by atoms with E-state index in [4.69, 9.17) is 0 Å². The molecule has 0 atom stereocenters. The normalized spacial score (nSPS) is 10.6. The Morgan fingerprint density at radius 3 is 2.57 bits per heavy atom. The second-order valence-corrected chi connectivity index (χ2v) is 4.79. The molecule has 104 valence electrons. The monoisotopic (exact) mass is 279 g/mol. The van der Waals surface area contributed by atoms with Gasteiger partial charge in [-0.1, -0.05) is 59.8 Å². The summed E-state index contributed by atoms with van der Waals surface area (Å²) in [5.41, 5.74) is 3.09. The van der Waals surface area contributed by atoms with E-state index < -0.39 is 7.12 Å². The molecule has 1 heterocycles. The van der Waals surface area contributed by atoms with E-state index in [-0.39, 0.29) is 0 Å². The van der Waals surface area contributed by atoms with Gasteiger partial charge in [-0.15, -0.1) is 5.10 Å². The fourth-order valence-corrected chi connectivity index (χ4v) is 2.14. The summed E-state index contributed by atoms with van der Waals surface area (Å²) in [6.45, 7) is 0.649. The molecular formula is C15H14BN3O2. The first-order valence-corrected chi connectivity index (χ1v) is 6.63. The first-order chi connectivity index (χ1) is 10.2. The smallest absolute Gasteiger partial charge is 0.423 e. The lowest BCUT2D eigenvalue weighted by atomic mass is 9.79. The van der Waals surface area contributed by atoms with E-state index in [1.165, 1.54) is 0 Å². The van der Waals surface area contributed by atoms with Crippen molar-refractivity contribution in [3.63, 3.8) is 0 Å². The second-order valence-electron chi connectivity index (χ2n) is 4.79. The highest BCUT2D eigenvalue weighted by Crippen LogP contribution is 2.15. The molecule has 0 aliphatic heterocycles. The van der Waals surface area contributed by atoms with Gasteiger partial charge >= 0.3 is 7.12 Å². The van der Waals surface area contributed by atoms with Gasteiger partial charge in [0, 0.05) is 5.56 Å². The highest BCUT2D eigenvalue weighted by Gasteiger charge is 2.12. The third-order valence-electron chi connectivity index (χ3n) is 3.21. The molecule has 0 radical (unpaired) electrons. The minimum Gasteiger partial charge on any atom is -0.423 e. The Labute approximate surface area is 122 Å². The summed E-state index contributed by atoms with van der Waals surface area (Å²) in [4.78, 5) is 0. The fourth-order valence-electron chi connectivity index (χ4n) is 2.14. The van der Waals surface area contributed by atoms with E-state index >= 15 is 0 Å². The van der Waals surface area contributed by atoms with Crippen LogP contribution in [0.1, 0.15) is 5.56 Å². The molecule has 0 amide bonds. The first kappa shape index (κ1) is 13.5. The highest BCUT2D eigenvalue weighted by atomic mass is 16.4. The van der Waals surface area contributed by atoms with Crippen molar-refractivity contribution in [3.05, 3.63) is 66.4 Å². The van der Waals surface area contributed by atoms with Crippen LogP contribution in [0.3, 0.4) is 0 Å². The molecule has 0 aliphatic rings. The molecule has 2 aromatic carbocycles. The van der Waals surface area contributed by atoms with Gasteiger partial charge in [0.2, 0.25) is 0 Å². The van der Waals surface area contributed by atoms with Gasteiger partial charge in [0.15, 0.2) is 0 Å². The van der Waals surface area contributed by atoms with Crippen molar-refractivity contribution < 1.29 is 10.0 Å². The molecule has 0 saturated carbocycles. The maximum atomic E-state index is 9.21. The first-order valence-electron chi connectivity index (χ1n) is 6.63. The quantitative estimate of drug-likeness (QED) is 0.689. The Morgan fingerprint density at radius 1 is 1.00 bits per heavy atom. The molecule has 0 unspecified atom stereocenters. The minimum absolute atomic E-state index is 0.435. The van der Waals surface area contributed by atoms with Crippen LogP contribution in [0.2, 0.25) is 0 Å². The van der Waals surface area contributed by atoms with Gasteiger partial charge in [0.1, 0.15) is 5.69 Å². The predicted molar refractivity (Wildman–Crippen MR) is 80.8 cm³/mol. The predicted octanol–water partition coefficient (Wildman–Crippen LogP) is 0.673. The highest BCUT2D eigenvalue weighted by molar-refractivity contribution is 6.58. The zero-order valence-electron chi connectivity index (χ0n) is 11.3. The zero-order valence-corrected chi connectivity index (χ0v) is 11.3. The van der Waals surface area contributed by atoms with Gasteiger partial charge in [0.25, 0.3) is 0 Å². The summed E-state index contributed by atoms with van der Waals surface area (Å²) >= 11 is 0.